The van der Waals surface area contributed by atoms with Gasteiger partial charge in [-0.15, -0.1) is 0 Å². The summed E-state index contributed by atoms with van der Waals surface area (Å²) in [6.07, 6.45) is 0. The van der Waals surface area contributed by atoms with Gasteiger partial charge in [-0.05, 0) is 18.2 Å². The third kappa shape index (κ3) is 3.22. The van der Waals surface area contributed by atoms with E-state index in [1.54, 1.807) is 18.2 Å². The van der Waals surface area contributed by atoms with Crippen LogP contribution >= 0.6 is 27.5 Å². The van der Waals surface area contributed by atoms with E-state index < -0.39 is 6.04 Å². The number of carbonyl (C=O) groups excluding carboxylic acids is 2. The van der Waals surface area contributed by atoms with Crippen molar-refractivity contribution in [3.8, 4) is 0 Å². The maximum Gasteiger partial charge on any atom is 0.243 e. The van der Waals surface area contributed by atoms with Crippen LogP contribution in [0.25, 0.3) is 0 Å². The molecule has 1 heterocycles. The number of hydrogen-bond acceptors (Lipinski definition) is 3. The summed E-state index contributed by atoms with van der Waals surface area (Å²) in [7, 11) is 0. The minimum Gasteiger partial charge on any atom is -0.353 e. The Morgan fingerprint density at radius 1 is 1.50 bits per heavy atom. The van der Waals surface area contributed by atoms with Crippen molar-refractivity contribution >= 4 is 45.0 Å². The zero-order chi connectivity index (χ0) is 13.1. The molecule has 18 heavy (non-hydrogen) atoms. The molecule has 1 aromatic carbocycles. The number of amides is 2. The summed E-state index contributed by atoms with van der Waals surface area (Å²) in [4.78, 5) is 22.9. The van der Waals surface area contributed by atoms with Crippen LogP contribution in [0.3, 0.4) is 0 Å². The van der Waals surface area contributed by atoms with Crippen molar-refractivity contribution in [2.24, 2.45) is 0 Å². The Morgan fingerprint density at radius 2 is 2.28 bits per heavy atom. The zero-order valence-corrected chi connectivity index (χ0v) is 11.6. The number of rotatable bonds is 2. The molecule has 0 aromatic heterocycles. The van der Waals surface area contributed by atoms with Crippen LogP contribution in [0.4, 0.5) is 5.69 Å². The Hall–Kier alpha value is -1.11. The van der Waals surface area contributed by atoms with Gasteiger partial charge in [0.1, 0.15) is 6.04 Å². The number of hydrogen-bond donors (Lipinski definition) is 3. The lowest BCUT2D eigenvalue weighted by Gasteiger charge is -2.23. The molecule has 5 nitrogen and oxygen atoms in total. The highest BCUT2D eigenvalue weighted by molar-refractivity contribution is 9.10. The van der Waals surface area contributed by atoms with Gasteiger partial charge in [-0.2, -0.15) is 0 Å². The third-order valence-corrected chi connectivity index (χ3v) is 3.34. The van der Waals surface area contributed by atoms with E-state index in [9.17, 15) is 9.59 Å². The number of carbonyl (C=O) groups is 2. The van der Waals surface area contributed by atoms with Crippen LogP contribution in [0.1, 0.15) is 0 Å². The number of benzene rings is 1. The average molecular weight is 333 g/mol. The lowest BCUT2D eigenvalue weighted by Crippen LogP contribution is -2.56. The molecular weight excluding hydrogens is 321 g/mol. The van der Waals surface area contributed by atoms with Gasteiger partial charge >= 0.3 is 0 Å². The summed E-state index contributed by atoms with van der Waals surface area (Å²) < 4.78 is 0.826. The van der Waals surface area contributed by atoms with Gasteiger partial charge in [0.25, 0.3) is 0 Å². The van der Waals surface area contributed by atoms with Crippen molar-refractivity contribution in [2.45, 2.75) is 6.04 Å². The molecule has 96 valence electrons. The van der Waals surface area contributed by atoms with E-state index in [-0.39, 0.29) is 24.9 Å². The predicted molar refractivity (Wildman–Crippen MR) is 72.6 cm³/mol. The van der Waals surface area contributed by atoms with Crippen LogP contribution in [-0.4, -0.2) is 30.9 Å². The molecule has 7 heteroatoms. The van der Waals surface area contributed by atoms with Crippen LogP contribution < -0.4 is 16.0 Å². The second-order valence-electron chi connectivity index (χ2n) is 3.85. The molecule has 0 radical (unpaired) electrons. The molecule has 1 unspecified atom stereocenters. The second kappa shape index (κ2) is 5.69. The maximum absolute atomic E-state index is 11.9. The quantitative estimate of drug-likeness (QED) is 0.760. The van der Waals surface area contributed by atoms with Crippen molar-refractivity contribution in [2.75, 3.05) is 18.4 Å². The maximum atomic E-state index is 11.9. The largest absolute Gasteiger partial charge is 0.353 e. The standard InChI is InChI=1S/C11H11BrClN3O2/c12-6-1-2-7(13)8(3-6)16-11(18)9-4-15-10(17)5-14-9/h1-3,9,14H,4-5H2,(H,15,17)(H,16,18). The van der Waals surface area contributed by atoms with Gasteiger partial charge in [0.2, 0.25) is 11.8 Å². The second-order valence-corrected chi connectivity index (χ2v) is 5.17. The summed E-state index contributed by atoms with van der Waals surface area (Å²) in [5.74, 6) is -0.338. The number of piperazine rings is 1. The fourth-order valence-corrected chi connectivity index (χ4v) is 2.09. The van der Waals surface area contributed by atoms with Gasteiger partial charge in [0, 0.05) is 11.0 Å². The van der Waals surface area contributed by atoms with Crippen LogP contribution in [0.15, 0.2) is 22.7 Å². The zero-order valence-electron chi connectivity index (χ0n) is 9.30. The van der Waals surface area contributed by atoms with Crippen molar-refractivity contribution in [1.29, 1.82) is 0 Å². The normalized spacial score (nSPS) is 19.2. The molecule has 1 saturated heterocycles. The summed E-state index contributed by atoms with van der Waals surface area (Å²) in [5.41, 5.74) is 0.537. The highest BCUT2D eigenvalue weighted by Gasteiger charge is 2.24. The monoisotopic (exact) mass is 331 g/mol. The first-order valence-electron chi connectivity index (χ1n) is 5.32. The third-order valence-electron chi connectivity index (χ3n) is 2.52. The molecule has 1 fully saturated rings. The van der Waals surface area contributed by atoms with Crippen LogP contribution in [-0.2, 0) is 9.59 Å². The lowest BCUT2D eigenvalue weighted by atomic mass is 10.2. The summed E-state index contributed by atoms with van der Waals surface area (Å²) in [5, 5.41) is 8.65. The smallest absolute Gasteiger partial charge is 0.243 e. The van der Waals surface area contributed by atoms with Crippen molar-refractivity contribution in [1.82, 2.24) is 10.6 Å². The first-order chi connectivity index (χ1) is 8.56. The fraction of sp³-hybridized carbons (Fsp3) is 0.273. The van der Waals surface area contributed by atoms with E-state index in [0.29, 0.717) is 10.7 Å². The Balaban J connectivity index is 2.02. The van der Waals surface area contributed by atoms with E-state index in [1.165, 1.54) is 0 Å². The van der Waals surface area contributed by atoms with Gasteiger partial charge in [-0.25, -0.2) is 0 Å². The molecule has 0 aliphatic carbocycles. The number of halogens is 2. The highest BCUT2D eigenvalue weighted by atomic mass is 79.9. The molecule has 2 amide bonds. The van der Waals surface area contributed by atoms with Crippen molar-refractivity contribution < 1.29 is 9.59 Å². The number of nitrogens with one attached hydrogen (secondary N) is 3. The van der Waals surface area contributed by atoms with Gasteiger partial charge in [0.15, 0.2) is 0 Å². The van der Waals surface area contributed by atoms with E-state index in [4.69, 9.17) is 11.6 Å². The van der Waals surface area contributed by atoms with E-state index in [0.717, 1.165) is 4.47 Å². The van der Waals surface area contributed by atoms with E-state index >= 15 is 0 Å². The topological polar surface area (TPSA) is 70.2 Å². The molecule has 1 aliphatic rings. The van der Waals surface area contributed by atoms with Gasteiger partial charge in [-0.3, -0.25) is 14.9 Å². The molecule has 2 rings (SSSR count). The fourth-order valence-electron chi connectivity index (χ4n) is 1.56. The molecule has 3 N–H and O–H groups in total. The van der Waals surface area contributed by atoms with Crippen molar-refractivity contribution in [3.63, 3.8) is 0 Å². The van der Waals surface area contributed by atoms with Crippen LogP contribution in [0.5, 0.6) is 0 Å². The van der Waals surface area contributed by atoms with Gasteiger partial charge < -0.3 is 10.6 Å². The summed E-state index contributed by atoms with van der Waals surface area (Å²) in [6.45, 7) is 0.417. The minimum atomic E-state index is -0.447. The molecule has 0 saturated carbocycles. The highest BCUT2D eigenvalue weighted by Crippen LogP contribution is 2.25. The molecule has 1 aliphatic heterocycles. The molecular formula is C11H11BrClN3O2. The van der Waals surface area contributed by atoms with Gasteiger partial charge in [0.05, 0.1) is 17.3 Å². The molecule has 0 spiro atoms. The minimum absolute atomic E-state index is 0.112. The van der Waals surface area contributed by atoms with Crippen LogP contribution in [0.2, 0.25) is 5.02 Å². The number of anilines is 1. The Morgan fingerprint density at radius 3 is 2.94 bits per heavy atom. The molecule has 0 bridgehead atoms. The summed E-state index contributed by atoms with van der Waals surface area (Å²) >= 11 is 9.28. The first kappa shape index (κ1) is 13.3. The average Bonchev–Trinajstić information content (AvgIpc) is 2.34. The molecule has 1 aromatic rings. The van der Waals surface area contributed by atoms with Crippen molar-refractivity contribution in [3.05, 3.63) is 27.7 Å². The van der Waals surface area contributed by atoms with Crippen LogP contribution in [0, 0.1) is 0 Å². The Kier molecular flexibility index (Phi) is 4.21. The van der Waals surface area contributed by atoms with Gasteiger partial charge in [-0.1, -0.05) is 27.5 Å². The van der Waals surface area contributed by atoms with E-state index in [1.807, 2.05) is 0 Å². The predicted octanol–water partition coefficient (Wildman–Crippen LogP) is 1.13. The molecule has 1 atom stereocenters. The Labute approximate surface area is 117 Å². The lowest BCUT2D eigenvalue weighted by molar-refractivity contribution is -0.124. The first-order valence-corrected chi connectivity index (χ1v) is 6.49. The van der Waals surface area contributed by atoms with E-state index in [2.05, 4.69) is 31.9 Å². The SMILES string of the molecule is O=C1CNC(C(=O)Nc2cc(Br)ccc2Cl)CN1. The summed E-state index contributed by atoms with van der Waals surface area (Å²) in [6, 6.07) is 4.76. The Bertz CT molecular complexity index is 485.